The summed E-state index contributed by atoms with van der Waals surface area (Å²) in [6.07, 6.45) is 0. The molecule has 29 heavy (non-hydrogen) atoms. The lowest BCUT2D eigenvalue weighted by molar-refractivity contribution is -0.917. The fourth-order valence-corrected chi connectivity index (χ4v) is 4.99. The molecule has 2 aromatic rings. The maximum Gasteiger partial charge on any atom is 0.278 e. The molecule has 8 heteroatoms. The molecule has 6 nitrogen and oxygen atoms in total. The van der Waals surface area contributed by atoms with Crippen LogP contribution in [0.15, 0.2) is 59.5 Å². The highest BCUT2D eigenvalue weighted by Gasteiger charge is 2.34. The molecule has 3 rings (SSSR count). The molecule has 0 unspecified atom stereocenters. The minimum Gasteiger partial charge on any atom is -0.344 e. The Kier molecular flexibility index (Phi) is 6.66. The minimum atomic E-state index is -3.65. The number of carbonyl (C=O) groups is 1. The van der Waals surface area contributed by atoms with Gasteiger partial charge in [0, 0.05) is 0 Å². The van der Waals surface area contributed by atoms with Crippen LogP contribution in [0.1, 0.15) is 25.5 Å². The van der Waals surface area contributed by atoms with Crippen LogP contribution in [0.2, 0.25) is 0 Å². The van der Waals surface area contributed by atoms with Gasteiger partial charge in [0.2, 0.25) is 10.0 Å². The number of nitrogens with zero attached hydrogens (tertiary/aromatic N) is 1. The number of rotatable bonds is 6. The summed E-state index contributed by atoms with van der Waals surface area (Å²) in [5.41, 5.74) is 1.04. The monoisotopic (exact) mass is 420 g/mol. The summed E-state index contributed by atoms with van der Waals surface area (Å²) in [6.45, 7) is 5.53. The van der Waals surface area contributed by atoms with Crippen molar-refractivity contribution >= 4 is 15.9 Å². The van der Waals surface area contributed by atoms with E-state index in [1.165, 1.54) is 16.4 Å². The van der Waals surface area contributed by atoms with Crippen molar-refractivity contribution in [2.45, 2.75) is 30.8 Å². The van der Waals surface area contributed by atoms with E-state index >= 15 is 0 Å². The average molecular weight is 421 g/mol. The van der Waals surface area contributed by atoms with Gasteiger partial charge in [0.1, 0.15) is 5.82 Å². The number of carbonyl (C=O) groups excluding carboxylic acids is 1. The summed E-state index contributed by atoms with van der Waals surface area (Å²) in [7, 11) is -3.65. The number of hydrogen-bond acceptors (Lipinski definition) is 3. The lowest BCUT2D eigenvalue weighted by atomic mass is 10.1. The zero-order valence-electron chi connectivity index (χ0n) is 16.6. The second kappa shape index (κ2) is 9.02. The molecule has 2 N–H and O–H groups in total. The predicted molar refractivity (Wildman–Crippen MR) is 108 cm³/mol. The van der Waals surface area contributed by atoms with Crippen LogP contribution in [0, 0.1) is 5.82 Å². The van der Waals surface area contributed by atoms with E-state index in [0.29, 0.717) is 26.2 Å². The summed E-state index contributed by atoms with van der Waals surface area (Å²) in [5, 5.41) is 3.04. The number of nitrogens with one attached hydrogen (secondary N) is 2. The highest BCUT2D eigenvalue weighted by Crippen LogP contribution is 2.16. The predicted octanol–water partition coefficient (Wildman–Crippen LogP) is 0.981. The van der Waals surface area contributed by atoms with E-state index < -0.39 is 15.8 Å². The Morgan fingerprint density at radius 1 is 1.03 bits per heavy atom. The van der Waals surface area contributed by atoms with Gasteiger partial charge in [0.05, 0.1) is 37.1 Å². The van der Waals surface area contributed by atoms with Crippen LogP contribution in [-0.2, 0) is 14.8 Å². The van der Waals surface area contributed by atoms with Crippen LogP contribution >= 0.6 is 0 Å². The number of sulfonamides is 1. The molecule has 0 saturated carbocycles. The van der Waals surface area contributed by atoms with Gasteiger partial charge in [-0.2, -0.15) is 4.31 Å². The number of hydrogen-bond donors (Lipinski definition) is 2. The second-order valence-corrected chi connectivity index (χ2v) is 9.32. The lowest BCUT2D eigenvalue weighted by Gasteiger charge is -2.34. The molecule has 0 bridgehead atoms. The normalized spacial score (nSPS) is 18.2. The van der Waals surface area contributed by atoms with Crippen LogP contribution in [0.25, 0.3) is 0 Å². The van der Waals surface area contributed by atoms with Crippen molar-refractivity contribution < 1.29 is 22.5 Å². The zero-order chi connectivity index (χ0) is 21.0. The third kappa shape index (κ3) is 5.01. The van der Waals surface area contributed by atoms with Crippen molar-refractivity contribution in [1.29, 1.82) is 0 Å². The van der Waals surface area contributed by atoms with Gasteiger partial charge in [-0.3, -0.25) is 4.79 Å². The summed E-state index contributed by atoms with van der Waals surface area (Å²) in [5.74, 6) is -0.519. The standard InChI is InChI=1S/C21H26FN3O3S/c1-16(18-6-4-3-5-7-18)23-21(26)17(2)24-12-14-25(15-13-24)29(27,28)20-10-8-19(22)9-11-20/h3-11,16-17H,12-15H2,1-2H3,(H,23,26)/p+1/t16-,17-/m0/s1. The summed E-state index contributed by atoms with van der Waals surface area (Å²) in [4.78, 5) is 13.8. The van der Waals surface area contributed by atoms with Crippen molar-refractivity contribution in [3.05, 3.63) is 66.0 Å². The minimum absolute atomic E-state index is 0.0498. The first-order valence-corrected chi connectivity index (χ1v) is 11.2. The molecule has 0 radical (unpaired) electrons. The maximum absolute atomic E-state index is 13.1. The van der Waals surface area contributed by atoms with Crippen LogP contribution in [0.5, 0.6) is 0 Å². The lowest BCUT2D eigenvalue weighted by Crippen LogP contribution is -3.19. The highest BCUT2D eigenvalue weighted by molar-refractivity contribution is 7.89. The van der Waals surface area contributed by atoms with Crippen molar-refractivity contribution in [3.63, 3.8) is 0 Å². The van der Waals surface area contributed by atoms with Gasteiger partial charge >= 0.3 is 0 Å². The van der Waals surface area contributed by atoms with Gasteiger partial charge in [-0.1, -0.05) is 30.3 Å². The van der Waals surface area contributed by atoms with Crippen molar-refractivity contribution in [2.24, 2.45) is 0 Å². The van der Waals surface area contributed by atoms with Gasteiger partial charge in [-0.05, 0) is 43.7 Å². The fraction of sp³-hybridized carbons (Fsp3) is 0.381. The van der Waals surface area contributed by atoms with Gasteiger partial charge in [0.25, 0.3) is 5.91 Å². The Labute approximate surface area is 171 Å². The molecule has 0 aromatic heterocycles. The topological polar surface area (TPSA) is 70.9 Å². The summed E-state index contributed by atoms with van der Waals surface area (Å²) < 4.78 is 39.9. The number of amides is 1. The molecule has 1 aliphatic rings. The molecule has 1 amide bonds. The molecule has 1 fully saturated rings. The van der Waals surface area contributed by atoms with E-state index in [2.05, 4.69) is 5.32 Å². The quantitative estimate of drug-likeness (QED) is 0.732. The second-order valence-electron chi connectivity index (χ2n) is 7.38. The van der Waals surface area contributed by atoms with Crippen molar-refractivity contribution in [2.75, 3.05) is 26.2 Å². The SMILES string of the molecule is C[C@H](NC(=O)[C@H](C)[NH+]1CCN(S(=O)(=O)c2ccc(F)cc2)CC1)c1ccccc1. The third-order valence-corrected chi connectivity index (χ3v) is 7.39. The molecule has 1 aliphatic heterocycles. The maximum atomic E-state index is 13.1. The molecule has 0 aliphatic carbocycles. The van der Waals surface area contributed by atoms with E-state index in [1.807, 2.05) is 44.2 Å². The van der Waals surface area contributed by atoms with Gasteiger partial charge in [0.15, 0.2) is 6.04 Å². The number of halogens is 1. The first-order valence-electron chi connectivity index (χ1n) is 9.74. The van der Waals surface area contributed by atoms with Gasteiger partial charge in [-0.25, -0.2) is 12.8 Å². The largest absolute Gasteiger partial charge is 0.344 e. The smallest absolute Gasteiger partial charge is 0.278 e. The van der Waals surface area contributed by atoms with E-state index in [1.54, 1.807) is 0 Å². The fourth-order valence-electron chi connectivity index (χ4n) is 3.55. The molecule has 1 saturated heterocycles. The van der Waals surface area contributed by atoms with Crippen molar-refractivity contribution in [3.8, 4) is 0 Å². The van der Waals surface area contributed by atoms with Gasteiger partial charge < -0.3 is 10.2 Å². The molecule has 0 spiro atoms. The summed E-state index contributed by atoms with van der Waals surface area (Å²) >= 11 is 0. The van der Waals surface area contributed by atoms with Crippen LogP contribution in [-0.4, -0.2) is 50.9 Å². The third-order valence-electron chi connectivity index (χ3n) is 5.48. The van der Waals surface area contributed by atoms with E-state index in [9.17, 15) is 17.6 Å². The zero-order valence-corrected chi connectivity index (χ0v) is 17.5. The summed E-state index contributed by atoms with van der Waals surface area (Å²) in [6, 6.07) is 14.2. The molecule has 2 aromatic carbocycles. The molecule has 156 valence electrons. The van der Waals surface area contributed by atoms with Crippen LogP contribution in [0.3, 0.4) is 0 Å². The van der Waals surface area contributed by atoms with Crippen molar-refractivity contribution in [1.82, 2.24) is 9.62 Å². The number of piperazine rings is 1. The van der Waals surface area contributed by atoms with Crippen LogP contribution in [0.4, 0.5) is 4.39 Å². The Bertz CT molecular complexity index is 927. The Morgan fingerprint density at radius 2 is 1.62 bits per heavy atom. The van der Waals surface area contributed by atoms with E-state index in [-0.39, 0.29) is 22.9 Å². The average Bonchev–Trinajstić information content (AvgIpc) is 2.74. The van der Waals surface area contributed by atoms with E-state index in [4.69, 9.17) is 0 Å². The highest BCUT2D eigenvalue weighted by atomic mass is 32.2. The van der Waals surface area contributed by atoms with Crippen LogP contribution < -0.4 is 10.2 Å². The molecular formula is C21H27FN3O3S+. The van der Waals surface area contributed by atoms with E-state index in [0.717, 1.165) is 22.6 Å². The number of benzene rings is 2. The first kappa shape index (κ1) is 21.4. The molecular weight excluding hydrogens is 393 g/mol. The number of quaternary nitrogens is 1. The Hall–Kier alpha value is -2.29. The first-order chi connectivity index (χ1) is 13.8. The van der Waals surface area contributed by atoms with Gasteiger partial charge in [-0.15, -0.1) is 0 Å². The Balaban J connectivity index is 1.57. The molecule has 1 heterocycles. The Morgan fingerprint density at radius 3 is 2.21 bits per heavy atom. The molecule has 2 atom stereocenters.